The summed E-state index contributed by atoms with van der Waals surface area (Å²) in [6.45, 7) is 0. The molecule has 0 unspecified atom stereocenters. The molecule has 0 atom stereocenters. The fraction of sp³-hybridized carbons (Fsp3) is 0. The van der Waals surface area contributed by atoms with Crippen molar-refractivity contribution in [2.45, 2.75) is 0 Å². The van der Waals surface area contributed by atoms with E-state index in [1.165, 1.54) is 11.3 Å². The minimum Gasteiger partial charge on any atom is -0.217 e. The van der Waals surface area contributed by atoms with Gasteiger partial charge in [-0.25, -0.2) is 9.50 Å². The molecular formula is C18H11ClN6S. The standard InChI is InChI=1S/C18H11ClN6S/c19-13-8-6-12(7-9-13)16-11-24-18(21-16)26-17(23-24)15-10-20-25(22-15)14-4-2-1-3-5-14/h1-11H. The van der Waals surface area contributed by atoms with E-state index >= 15 is 0 Å². The first-order chi connectivity index (χ1) is 12.8. The molecule has 0 fully saturated rings. The first kappa shape index (κ1) is 15.2. The summed E-state index contributed by atoms with van der Waals surface area (Å²) >= 11 is 7.42. The van der Waals surface area contributed by atoms with Crippen LogP contribution in [0.3, 0.4) is 0 Å². The lowest BCUT2D eigenvalue weighted by Crippen LogP contribution is -1.97. The second-order valence-electron chi connectivity index (χ2n) is 5.62. The number of aromatic nitrogens is 6. The lowest BCUT2D eigenvalue weighted by molar-refractivity contribution is 0.753. The summed E-state index contributed by atoms with van der Waals surface area (Å²) in [4.78, 5) is 7.05. The molecule has 0 saturated carbocycles. The normalized spacial score (nSPS) is 11.3. The molecule has 0 bridgehead atoms. The average molecular weight is 379 g/mol. The van der Waals surface area contributed by atoms with Gasteiger partial charge in [-0.05, 0) is 24.3 Å². The second kappa shape index (κ2) is 6.05. The van der Waals surface area contributed by atoms with Gasteiger partial charge in [0, 0.05) is 10.6 Å². The van der Waals surface area contributed by atoms with Crippen LogP contribution in [0.25, 0.3) is 32.6 Å². The van der Waals surface area contributed by atoms with Gasteiger partial charge in [0.2, 0.25) is 4.96 Å². The molecule has 6 nitrogen and oxygen atoms in total. The van der Waals surface area contributed by atoms with E-state index in [2.05, 4.69) is 20.3 Å². The molecule has 0 aliphatic carbocycles. The SMILES string of the molecule is Clc1ccc(-c2cn3nc(-c4cnn(-c5ccccc5)n4)sc3n2)cc1. The molecule has 8 heteroatoms. The highest BCUT2D eigenvalue weighted by Crippen LogP contribution is 2.27. The fourth-order valence-electron chi connectivity index (χ4n) is 2.61. The Kier molecular flexibility index (Phi) is 3.55. The lowest BCUT2D eigenvalue weighted by Gasteiger charge is -1.96. The van der Waals surface area contributed by atoms with Crippen LogP contribution in [-0.4, -0.2) is 29.6 Å². The van der Waals surface area contributed by atoms with Crippen molar-refractivity contribution in [3.05, 3.63) is 72.0 Å². The van der Waals surface area contributed by atoms with E-state index < -0.39 is 0 Å². The third kappa shape index (κ3) is 2.67. The van der Waals surface area contributed by atoms with Gasteiger partial charge in [0.25, 0.3) is 0 Å². The van der Waals surface area contributed by atoms with E-state index in [-0.39, 0.29) is 0 Å². The molecule has 3 aromatic heterocycles. The summed E-state index contributed by atoms with van der Waals surface area (Å²) in [5.74, 6) is 0. The van der Waals surface area contributed by atoms with E-state index in [4.69, 9.17) is 11.6 Å². The number of halogens is 1. The molecule has 0 N–H and O–H groups in total. The van der Waals surface area contributed by atoms with Crippen LogP contribution in [0, 0.1) is 0 Å². The zero-order valence-electron chi connectivity index (χ0n) is 13.3. The first-order valence-corrected chi connectivity index (χ1v) is 9.06. The van der Waals surface area contributed by atoms with Gasteiger partial charge < -0.3 is 0 Å². The van der Waals surface area contributed by atoms with Crippen LogP contribution in [0.15, 0.2) is 67.0 Å². The number of hydrogen-bond acceptors (Lipinski definition) is 5. The van der Waals surface area contributed by atoms with Gasteiger partial charge in [0.1, 0.15) is 5.69 Å². The molecule has 0 radical (unpaired) electrons. The van der Waals surface area contributed by atoms with Gasteiger partial charge in [-0.1, -0.05) is 53.3 Å². The van der Waals surface area contributed by atoms with Crippen molar-refractivity contribution < 1.29 is 0 Å². The van der Waals surface area contributed by atoms with Crippen molar-refractivity contribution in [1.29, 1.82) is 0 Å². The van der Waals surface area contributed by atoms with Crippen LogP contribution in [0.1, 0.15) is 0 Å². The van der Waals surface area contributed by atoms with Gasteiger partial charge in [0.05, 0.1) is 23.8 Å². The van der Waals surface area contributed by atoms with Gasteiger partial charge in [-0.2, -0.15) is 15.0 Å². The predicted molar refractivity (Wildman–Crippen MR) is 102 cm³/mol. The smallest absolute Gasteiger partial charge is 0.213 e. The number of rotatable bonds is 3. The summed E-state index contributed by atoms with van der Waals surface area (Å²) in [5, 5.41) is 14.9. The lowest BCUT2D eigenvalue weighted by atomic mass is 10.2. The monoisotopic (exact) mass is 378 g/mol. The number of hydrogen-bond donors (Lipinski definition) is 0. The van der Waals surface area contributed by atoms with Crippen molar-refractivity contribution in [2.24, 2.45) is 0 Å². The van der Waals surface area contributed by atoms with Crippen LogP contribution in [-0.2, 0) is 0 Å². The highest BCUT2D eigenvalue weighted by atomic mass is 35.5. The number of fused-ring (bicyclic) bond motifs is 1. The molecule has 0 saturated heterocycles. The first-order valence-electron chi connectivity index (χ1n) is 7.86. The highest BCUT2D eigenvalue weighted by Gasteiger charge is 2.14. The van der Waals surface area contributed by atoms with Gasteiger partial charge in [0.15, 0.2) is 5.01 Å². The molecule has 0 aliphatic heterocycles. The molecule has 126 valence electrons. The topological polar surface area (TPSA) is 60.9 Å². The van der Waals surface area contributed by atoms with Crippen molar-refractivity contribution in [2.75, 3.05) is 0 Å². The summed E-state index contributed by atoms with van der Waals surface area (Å²) in [5.41, 5.74) is 3.49. The van der Waals surface area contributed by atoms with Crippen molar-refractivity contribution in [3.63, 3.8) is 0 Å². The molecular weight excluding hydrogens is 368 g/mol. The molecule has 0 amide bonds. The Hall–Kier alpha value is -3.03. The molecule has 0 spiro atoms. The van der Waals surface area contributed by atoms with Crippen LogP contribution in [0.2, 0.25) is 5.02 Å². The largest absolute Gasteiger partial charge is 0.217 e. The molecule has 5 aromatic rings. The predicted octanol–water partition coefficient (Wildman–Crippen LogP) is 4.36. The molecule has 26 heavy (non-hydrogen) atoms. The van der Waals surface area contributed by atoms with E-state index in [0.717, 1.165) is 32.6 Å². The maximum atomic E-state index is 5.94. The number of nitrogens with zero attached hydrogens (tertiary/aromatic N) is 6. The Bertz CT molecular complexity index is 1160. The Morgan fingerprint density at radius 3 is 2.46 bits per heavy atom. The van der Waals surface area contributed by atoms with Crippen LogP contribution in [0.5, 0.6) is 0 Å². The van der Waals surface area contributed by atoms with Gasteiger partial charge in [-0.15, -0.1) is 5.10 Å². The summed E-state index contributed by atoms with van der Waals surface area (Å²) in [6.07, 6.45) is 3.62. The maximum Gasteiger partial charge on any atom is 0.213 e. The quantitative estimate of drug-likeness (QED) is 0.468. The van der Waals surface area contributed by atoms with Crippen LogP contribution < -0.4 is 0 Å². The Labute approximate surface area is 157 Å². The van der Waals surface area contributed by atoms with E-state index in [9.17, 15) is 0 Å². The second-order valence-corrected chi connectivity index (χ2v) is 7.01. The third-order valence-corrected chi connectivity index (χ3v) is 5.08. The van der Waals surface area contributed by atoms with Crippen LogP contribution >= 0.6 is 22.9 Å². The van der Waals surface area contributed by atoms with E-state index in [1.54, 1.807) is 15.5 Å². The fourth-order valence-corrected chi connectivity index (χ4v) is 3.57. The summed E-state index contributed by atoms with van der Waals surface area (Å²) < 4.78 is 1.77. The zero-order chi connectivity index (χ0) is 17.5. The molecule has 3 heterocycles. The van der Waals surface area contributed by atoms with Crippen molar-refractivity contribution >= 4 is 27.9 Å². The molecule has 0 aliphatic rings. The third-order valence-electron chi connectivity index (χ3n) is 3.88. The molecule has 2 aromatic carbocycles. The van der Waals surface area contributed by atoms with E-state index in [0.29, 0.717) is 5.02 Å². The summed E-state index contributed by atoms with van der Waals surface area (Å²) in [6, 6.07) is 17.4. The van der Waals surface area contributed by atoms with Crippen molar-refractivity contribution in [1.82, 2.24) is 29.6 Å². The summed E-state index contributed by atoms with van der Waals surface area (Å²) in [7, 11) is 0. The minimum atomic E-state index is 0.705. The van der Waals surface area contributed by atoms with Crippen LogP contribution in [0.4, 0.5) is 0 Å². The Morgan fingerprint density at radius 2 is 1.69 bits per heavy atom. The van der Waals surface area contributed by atoms with E-state index in [1.807, 2.05) is 60.8 Å². The number of benzene rings is 2. The van der Waals surface area contributed by atoms with Gasteiger partial charge >= 0.3 is 0 Å². The zero-order valence-corrected chi connectivity index (χ0v) is 14.9. The Balaban J connectivity index is 1.48. The number of imidazole rings is 1. The molecule has 5 rings (SSSR count). The minimum absolute atomic E-state index is 0.705. The van der Waals surface area contributed by atoms with Gasteiger partial charge in [-0.3, -0.25) is 0 Å². The number of para-hydroxylation sites is 1. The highest BCUT2D eigenvalue weighted by molar-refractivity contribution is 7.19. The Morgan fingerprint density at radius 1 is 0.885 bits per heavy atom. The maximum absolute atomic E-state index is 5.94. The van der Waals surface area contributed by atoms with Crippen molar-refractivity contribution in [3.8, 4) is 27.6 Å². The average Bonchev–Trinajstić information content (AvgIpc) is 3.37.